The Morgan fingerprint density at radius 3 is 2.59 bits per heavy atom. The first-order valence-corrected chi connectivity index (χ1v) is 11.3. The molecular formula is C24H20F3IN4O2. The van der Waals surface area contributed by atoms with Crippen LogP contribution in [0.25, 0.3) is 10.9 Å². The van der Waals surface area contributed by atoms with Crippen molar-refractivity contribution in [2.75, 3.05) is 17.7 Å². The monoisotopic (exact) mass is 580 g/mol. The van der Waals surface area contributed by atoms with Crippen molar-refractivity contribution in [3.05, 3.63) is 81.3 Å². The van der Waals surface area contributed by atoms with Crippen LogP contribution in [0.2, 0.25) is 0 Å². The Morgan fingerprint density at radius 2 is 1.88 bits per heavy atom. The number of ether oxygens (including phenoxy) is 1. The summed E-state index contributed by atoms with van der Waals surface area (Å²) in [5, 5.41) is 6.07. The largest absolute Gasteiger partial charge is 0.495 e. The van der Waals surface area contributed by atoms with E-state index in [2.05, 4.69) is 42.8 Å². The fourth-order valence-corrected chi connectivity index (χ4v) is 4.35. The molecule has 2 amide bonds. The Balaban J connectivity index is 1.61. The lowest BCUT2D eigenvalue weighted by Gasteiger charge is -2.15. The summed E-state index contributed by atoms with van der Waals surface area (Å²) in [6, 6.07) is 11.7. The van der Waals surface area contributed by atoms with Gasteiger partial charge in [-0.3, -0.25) is 4.98 Å². The van der Waals surface area contributed by atoms with Gasteiger partial charge in [-0.2, -0.15) is 13.2 Å². The second-order valence-electron chi connectivity index (χ2n) is 7.62. The SMILES string of the molecule is COc1ccc(C(F)(F)F)cc1NC(=O)Nc1cccc2c1c(C)cn2Cc1ccnc(I)c1. The number of carbonyl (C=O) groups excluding carboxylic acids is 1. The topological polar surface area (TPSA) is 68.2 Å². The maximum absolute atomic E-state index is 13.1. The van der Waals surface area contributed by atoms with E-state index in [1.165, 1.54) is 13.2 Å². The summed E-state index contributed by atoms with van der Waals surface area (Å²) in [7, 11) is 1.32. The van der Waals surface area contributed by atoms with Gasteiger partial charge >= 0.3 is 12.2 Å². The fourth-order valence-electron chi connectivity index (χ4n) is 3.79. The van der Waals surface area contributed by atoms with E-state index in [4.69, 9.17) is 4.74 Å². The van der Waals surface area contributed by atoms with E-state index in [0.717, 1.165) is 37.9 Å². The lowest BCUT2D eigenvalue weighted by Crippen LogP contribution is -2.20. The molecule has 10 heteroatoms. The third-order valence-corrected chi connectivity index (χ3v) is 5.85. The number of aromatic nitrogens is 2. The van der Waals surface area contributed by atoms with Crippen molar-refractivity contribution >= 4 is 50.9 Å². The minimum Gasteiger partial charge on any atom is -0.495 e. The van der Waals surface area contributed by atoms with Gasteiger partial charge in [-0.05, 0) is 83.1 Å². The molecule has 0 spiro atoms. The summed E-state index contributed by atoms with van der Waals surface area (Å²) in [5.74, 6) is 0.121. The summed E-state index contributed by atoms with van der Waals surface area (Å²) in [6.45, 7) is 2.56. The van der Waals surface area contributed by atoms with Gasteiger partial charge in [0, 0.05) is 24.3 Å². The maximum Gasteiger partial charge on any atom is 0.416 e. The maximum atomic E-state index is 13.1. The van der Waals surface area contributed by atoms with Crippen LogP contribution in [0.5, 0.6) is 5.75 Å². The molecule has 0 saturated carbocycles. The van der Waals surface area contributed by atoms with Crippen molar-refractivity contribution in [1.29, 1.82) is 0 Å². The van der Waals surface area contributed by atoms with Gasteiger partial charge in [0.15, 0.2) is 0 Å². The third-order valence-electron chi connectivity index (χ3n) is 5.26. The number of anilines is 2. The van der Waals surface area contributed by atoms with Crippen LogP contribution in [0, 0.1) is 10.6 Å². The van der Waals surface area contributed by atoms with E-state index in [-0.39, 0.29) is 11.4 Å². The standard InChI is InChI=1S/C24H20F3IN4O2/c1-14-12-32(13-15-8-9-29-21(28)10-15)19-5-3-4-17(22(14)19)30-23(33)31-18-11-16(24(25,26)27)6-7-20(18)34-2/h3-12H,13H2,1-2H3,(H2,30,31,33). The predicted molar refractivity (Wildman–Crippen MR) is 133 cm³/mol. The number of carbonyl (C=O) groups is 1. The predicted octanol–water partition coefficient (Wildman–Crippen LogP) is 6.67. The molecule has 0 saturated heterocycles. The first-order chi connectivity index (χ1) is 16.2. The van der Waals surface area contributed by atoms with Crippen molar-refractivity contribution in [2.45, 2.75) is 19.6 Å². The Kier molecular flexibility index (Phi) is 6.69. The number of rotatable bonds is 5. The summed E-state index contributed by atoms with van der Waals surface area (Å²) in [6.07, 6.45) is -0.788. The van der Waals surface area contributed by atoms with E-state index < -0.39 is 17.8 Å². The minimum absolute atomic E-state index is 0.0800. The first-order valence-electron chi connectivity index (χ1n) is 10.2. The zero-order valence-electron chi connectivity index (χ0n) is 18.2. The number of hydrogen-bond acceptors (Lipinski definition) is 3. The summed E-state index contributed by atoms with van der Waals surface area (Å²) < 4.78 is 47.4. The van der Waals surface area contributed by atoms with E-state index in [0.29, 0.717) is 12.2 Å². The highest BCUT2D eigenvalue weighted by molar-refractivity contribution is 14.1. The zero-order chi connectivity index (χ0) is 24.5. The fraction of sp³-hybridized carbons (Fsp3) is 0.167. The Morgan fingerprint density at radius 1 is 1.12 bits per heavy atom. The van der Waals surface area contributed by atoms with Crippen LogP contribution in [0.3, 0.4) is 0 Å². The van der Waals surface area contributed by atoms with Gasteiger partial charge in [0.2, 0.25) is 0 Å². The normalized spacial score (nSPS) is 11.5. The molecule has 0 aliphatic heterocycles. The lowest BCUT2D eigenvalue weighted by molar-refractivity contribution is -0.137. The smallest absolute Gasteiger partial charge is 0.416 e. The van der Waals surface area contributed by atoms with Crippen LogP contribution in [0.1, 0.15) is 16.7 Å². The van der Waals surface area contributed by atoms with Crippen molar-refractivity contribution in [1.82, 2.24) is 9.55 Å². The van der Waals surface area contributed by atoms with E-state index in [9.17, 15) is 18.0 Å². The van der Waals surface area contributed by atoms with Gasteiger partial charge in [0.05, 0.1) is 29.6 Å². The van der Waals surface area contributed by atoms with Crippen LogP contribution >= 0.6 is 22.6 Å². The Bertz CT molecular complexity index is 1370. The Hall–Kier alpha value is -3.28. The molecule has 2 aromatic carbocycles. The molecule has 2 heterocycles. The number of fused-ring (bicyclic) bond motifs is 1. The number of halogens is 4. The number of aryl methyl sites for hydroxylation is 1. The molecule has 2 N–H and O–H groups in total. The van der Waals surface area contributed by atoms with Crippen LogP contribution in [-0.2, 0) is 12.7 Å². The van der Waals surface area contributed by atoms with Gasteiger partial charge in [-0.1, -0.05) is 6.07 Å². The number of benzene rings is 2. The highest BCUT2D eigenvalue weighted by Gasteiger charge is 2.31. The van der Waals surface area contributed by atoms with Gasteiger partial charge in [0.25, 0.3) is 0 Å². The zero-order valence-corrected chi connectivity index (χ0v) is 20.4. The summed E-state index contributed by atoms with van der Waals surface area (Å²) in [4.78, 5) is 16.9. The van der Waals surface area contributed by atoms with Crippen LogP contribution in [0.15, 0.2) is 60.9 Å². The highest BCUT2D eigenvalue weighted by Crippen LogP contribution is 2.35. The highest BCUT2D eigenvalue weighted by atomic mass is 127. The van der Waals surface area contributed by atoms with Crippen LogP contribution < -0.4 is 15.4 Å². The second kappa shape index (κ2) is 9.53. The number of hydrogen-bond donors (Lipinski definition) is 2. The van der Waals surface area contributed by atoms with Gasteiger partial charge in [0.1, 0.15) is 9.45 Å². The number of nitrogens with one attached hydrogen (secondary N) is 2. The van der Waals surface area contributed by atoms with Crippen LogP contribution in [-0.4, -0.2) is 22.7 Å². The number of alkyl halides is 3. The minimum atomic E-state index is -4.54. The molecule has 34 heavy (non-hydrogen) atoms. The van der Waals surface area contributed by atoms with Gasteiger partial charge in [-0.15, -0.1) is 0 Å². The van der Waals surface area contributed by atoms with Gasteiger partial charge in [-0.25, -0.2) is 4.79 Å². The van der Waals surface area contributed by atoms with Crippen molar-refractivity contribution < 1.29 is 22.7 Å². The molecule has 2 aromatic heterocycles. The number of pyridine rings is 1. The molecule has 176 valence electrons. The molecule has 0 unspecified atom stereocenters. The number of methoxy groups -OCH3 is 1. The molecule has 0 aliphatic carbocycles. The van der Waals surface area contributed by atoms with Crippen molar-refractivity contribution in [3.63, 3.8) is 0 Å². The third kappa shape index (κ3) is 5.11. The number of amides is 2. The quantitative estimate of drug-likeness (QED) is 0.205. The summed E-state index contributed by atoms with van der Waals surface area (Å²) in [5.41, 5.74) is 2.53. The molecule has 0 bridgehead atoms. The average molecular weight is 580 g/mol. The molecule has 4 aromatic rings. The van der Waals surface area contributed by atoms with E-state index >= 15 is 0 Å². The average Bonchev–Trinajstić information content (AvgIpc) is 3.09. The molecule has 6 nitrogen and oxygen atoms in total. The lowest BCUT2D eigenvalue weighted by atomic mass is 10.1. The van der Waals surface area contributed by atoms with E-state index in [1.807, 2.05) is 37.4 Å². The van der Waals surface area contributed by atoms with Crippen LogP contribution in [0.4, 0.5) is 29.3 Å². The first kappa shape index (κ1) is 23.9. The van der Waals surface area contributed by atoms with Crippen molar-refractivity contribution in [2.24, 2.45) is 0 Å². The Labute approximate surface area is 207 Å². The second-order valence-corrected chi connectivity index (χ2v) is 8.72. The van der Waals surface area contributed by atoms with E-state index in [1.54, 1.807) is 12.3 Å². The van der Waals surface area contributed by atoms with Gasteiger partial charge < -0.3 is 19.9 Å². The molecule has 0 aliphatic rings. The molecule has 0 atom stereocenters. The van der Waals surface area contributed by atoms with Crippen molar-refractivity contribution in [3.8, 4) is 5.75 Å². The number of nitrogens with zero attached hydrogens (tertiary/aromatic N) is 2. The summed E-state index contributed by atoms with van der Waals surface area (Å²) >= 11 is 2.16. The molecular weight excluding hydrogens is 560 g/mol. The number of urea groups is 1. The molecule has 0 radical (unpaired) electrons. The molecule has 4 rings (SSSR count). The molecule has 0 fully saturated rings.